The van der Waals surface area contributed by atoms with Gasteiger partial charge < -0.3 is 5.32 Å². The van der Waals surface area contributed by atoms with Crippen molar-refractivity contribution < 1.29 is 4.79 Å². The maximum Gasteiger partial charge on any atom is 0.230 e. The predicted molar refractivity (Wildman–Crippen MR) is 77.8 cm³/mol. The van der Waals surface area contributed by atoms with Crippen LogP contribution in [-0.4, -0.2) is 28.2 Å². The highest BCUT2D eigenvalue weighted by Gasteiger charge is 2.28. The molecule has 0 aliphatic heterocycles. The molecule has 19 heavy (non-hydrogen) atoms. The van der Waals surface area contributed by atoms with E-state index in [1.165, 1.54) is 11.8 Å². The van der Waals surface area contributed by atoms with Crippen molar-refractivity contribution in [3.05, 3.63) is 16.5 Å². The van der Waals surface area contributed by atoms with Gasteiger partial charge in [0, 0.05) is 18.0 Å². The lowest BCUT2D eigenvalue weighted by Crippen LogP contribution is -2.25. The van der Waals surface area contributed by atoms with E-state index in [9.17, 15) is 4.79 Å². The van der Waals surface area contributed by atoms with E-state index >= 15 is 0 Å². The molecule has 1 heterocycles. The second-order valence-electron chi connectivity index (χ2n) is 4.72. The average Bonchev–Trinajstić information content (AvgIpc) is 3.22. The monoisotopic (exact) mass is 299 g/mol. The summed E-state index contributed by atoms with van der Waals surface area (Å²) in [6, 6.07) is 0. The van der Waals surface area contributed by atoms with Crippen molar-refractivity contribution in [2.75, 3.05) is 12.3 Å². The van der Waals surface area contributed by atoms with Crippen molar-refractivity contribution >= 4 is 29.3 Å². The average molecular weight is 300 g/mol. The summed E-state index contributed by atoms with van der Waals surface area (Å²) in [7, 11) is 0. The molecule has 0 saturated heterocycles. The third-order valence-electron chi connectivity index (χ3n) is 2.91. The molecule has 0 aromatic carbocycles. The third-order valence-corrected chi connectivity index (χ3v) is 4.36. The molecule has 4 nitrogen and oxygen atoms in total. The first-order chi connectivity index (χ1) is 9.11. The lowest BCUT2D eigenvalue weighted by atomic mass is 10.3. The summed E-state index contributed by atoms with van der Waals surface area (Å²) in [5.74, 6) is 1.70. The molecule has 1 amide bonds. The van der Waals surface area contributed by atoms with Crippen LogP contribution in [0.1, 0.15) is 43.5 Å². The Morgan fingerprint density at radius 2 is 2.21 bits per heavy atom. The Morgan fingerprint density at radius 3 is 2.84 bits per heavy atom. The minimum Gasteiger partial charge on any atom is -0.355 e. The van der Waals surface area contributed by atoms with Gasteiger partial charge in [0.2, 0.25) is 5.91 Å². The Kier molecular flexibility index (Phi) is 5.05. The summed E-state index contributed by atoms with van der Waals surface area (Å²) in [6.45, 7) is 4.64. The zero-order valence-corrected chi connectivity index (χ0v) is 12.8. The van der Waals surface area contributed by atoms with Gasteiger partial charge in [-0.25, -0.2) is 9.97 Å². The molecule has 2 rings (SSSR count). The summed E-state index contributed by atoms with van der Waals surface area (Å²) in [5, 5.41) is 4.19. The Hall–Kier alpha value is -0.810. The van der Waals surface area contributed by atoms with Crippen molar-refractivity contribution in [1.29, 1.82) is 0 Å². The normalized spacial score (nSPS) is 14.5. The first-order valence-corrected chi connectivity index (χ1v) is 7.91. The highest BCUT2D eigenvalue weighted by molar-refractivity contribution is 7.99. The number of aromatic nitrogens is 2. The molecule has 0 bridgehead atoms. The van der Waals surface area contributed by atoms with Gasteiger partial charge in [0.15, 0.2) is 0 Å². The Balaban J connectivity index is 2.00. The van der Waals surface area contributed by atoms with E-state index in [0.717, 1.165) is 42.2 Å². The lowest BCUT2D eigenvalue weighted by Gasteiger charge is -2.08. The number of carbonyl (C=O) groups excluding carboxylic acids is 1. The SMILES string of the molecule is CCCNC(=O)CSc1nc(C2CC2)nc(Cl)c1C. The molecule has 1 saturated carbocycles. The van der Waals surface area contributed by atoms with E-state index in [-0.39, 0.29) is 5.91 Å². The fourth-order valence-electron chi connectivity index (χ4n) is 1.60. The second-order valence-corrected chi connectivity index (χ2v) is 6.04. The minimum absolute atomic E-state index is 0.0361. The van der Waals surface area contributed by atoms with Gasteiger partial charge in [-0.1, -0.05) is 30.3 Å². The number of halogens is 1. The molecule has 0 radical (unpaired) electrons. The maximum absolute atomic E-state index is 11.6. The van der Waals surface area contributed by atoms with Crippen LogP contribution in [0.4, 0.5) is 0 Å². The van der Waals surface area contributed by atoms with Crippen molar-refractivity contribution in [2.24, 2.45) is 0 Å². The number of rotatable bonds is 6. The Morgan fingerprint density at radius 1 is 1.47 bits per heavy atom. The van der Waals surface area contributed by atoms with Gasteiger partial charge in [0.1, 0.15) is 16.0 Å². The van der Waals surface area contributed by atoms with Gasteiger partial charge in [-0.05, 0) is 26.2 Å². The van der Waals surface area contributed by atoms with Crippen LogP contribution in [0.2, 0.25) is 5.15 Å². The molecule has 1 aromatic heterocycles. The number of nitrogens with one attached hydrogen (secondary N) is 1. The van der Waals surface area contributed by atoms with Crippen LogP contribution in [-0.2, 0) is 4.79 Å². The van der Waals surface area contributed by atoms with Gasteiger partial charge in [-0.2, -0.15) is 0 Å². The summed E-state index contributed by atoms with van der Waals surface area (Å²) < 4.78 is 0. The van der Waals surface area contributed by atoms with Crippen LogP contribution in [0.5, 0.6) is 0 Å². The zero-order chi connectivity index (χ0) is 13.8. The molecule has 1 aromatic rings. The second kappa shape index (κ2) is 6.57. The number of hydrogen-bond acceptors (Lipinski definition) is 4. The maximum atomic E-state index is 11.6. The molecule has 0 unspecified atom stereocenters. The van der Waals surface area contributed by atoms with Crippen LogP contribution in [0.25, 0.3) is 0 Å². The van der Waals surface area contributed by atoms with Gasteiger partial charge in [-0.15, -0.1) is 0 Å². The largest absolute Gasteiger partial charge is 0.355 e. The Bertz CT molecular complexity index is 477. The smallest absolute Gasteiger partial charge is 0.230 e. The summed E-state index contributed by atoms with van der Waals surface area (Å²) in [6.07, 6.45) is 3.22. The quantitative estimate of drug-likeness (QED) is 0.648. The minimum atomic E-state index is 0.0361. The van der Waals surface area contributed by atoms with Gasteiger partial charge >= 0.3 is 0 Å². The van der Waals surface area contributed by atoms with Gasteiger partial charge in [0.25, 0.3) is 0 Å². The number of carbonyl (C=O) groups is 1. The molecular formula is C13H18ClN3OS. The van der Waals surface area contributed by atoms with Crippen LogP contribution in [0.3, 0.4) is 0 Å². The van der Waals surface area contributed by atoms with Crippen molar-refractivity contribution in [3.63, 3.8) is 0 Å². The summed E-state index contributed by atoms with van der Waals surface area (Å²) in [4.78, 5) is 20.4. The van der Waals surface area contributed by atoms with Crippen LogP contribution in [0.15, 0.2) is 5.03 Å². The van der Waals surface area contributed by atoms with E-state index in [4.69, 9.17) is 11.6 Å². The summed E-state index contributed by atoms with van der Waals surface area (Å²) in [5.41, 5.74) is 0.861. The Labute approximate surface area is 122 Å². The zero-order valence-electron chi connectivity index (χ0n) is 11.2. The first kappa shape index (κ1) is 14.6. The van der Waals surface area contributed by atoms with E-state index in [0.29, 0.717) is 16.8 Å². The third kappa shape index (κ3) is 4.08. The molecule has 1 N–H and O–H groups in total. The van der Waals surface area contributed by atoms with Crippen LogP contribution in [0, 0.1) is 6.92 Å². The van der Waals surface area contributed by atoms with E-state index < -0.39 is 0 Å². The first-order valence-electron chi connectivity index (χ1n) is 6.55. The molecule has 104 valence electrons. The highest BCUT2D eigenvalue weighted by Crippen LogP contribution is 2.39. The molecule has 1 aliphatic carbocycles. The van der Waals surface area contributed by atoms with Gasteiger partial charge in [0.05, 0.1) is 5.75 Å². The molecular weight excluding hydrogens is 282 g/mol. The molecule has 6 heteroatoms. The number of thioether (sulfide) groups is 1. The van der Waals surface area contributed by atoms with Crippen molar-refractivity contribution in [1.82, 2.24) is 15.3 Å². The van der Waals surface area contributed by atoms with Crippen molar-refractivity contribution in [2.45, 2.75) is 44.1 Å². The van der Waals surface area contributed by atoms with Crippen molar-refractivity contribution in [3.8, 4) is 0 Å². The standard InChI is InChI=1S/C13H18ClN3OS/c1-3-6-15-10(18)7-19-13-8(2)11(14)16-12(17-13)9-4-5-9/h9H,3-7H2,1-2H3,(H,15,18). The van der Waals surface area contributed by atoms with E-state index in [1.807, 2.05) is 13.8 Å². The van der Waals surface area contributed by atoms with Gasteiger partial charge in [-0.3, -0.25) is 4.79 Å². The molecule has 0 spiro atoms. The number of amides is 1. The highest BCUT2D eigenvalue weighted by atomic mass is 35.5. The summed E-state index contributed by atoms with van der Waals surface area (Å²) >= 11 is 7.56. The molecule has 1 aliphatic rings. The van der Waals surface area contributed by atoms with E-state index in [2.05, 4.69) is 15.3 Å². The molecule has 1 fully saturated rings. The predicted octanol–water partition coefficient (Wildman–Crippen LogP) is 2.93. The topological polar surface area (TPSA) is 54.9 Å². The van der Waals surface area contributed by atoms with E-state index in [1.54, 1.807) is 0 Å². The number of hydrogen-bond donors (Lipinski definition) is 1. The van der Waals surface area contributed by atoms with Crippen LogP contribution >= 0.6 is 23.4 Å². The molecule has 0 atom stereocenters. The fraction of sp³-hybridized carbons (Fsp3) is 0.615. The number of nitrogens with zero attached hydrogens (tertiary/aromatic N) is 2. The lowest BCUT2D eigenvalue weighted by molar-refractivity contribution is -0.118. The van der Waals surface area contributed by atoms with Crippen LogP contribution < -0.4 is 5.32 Å². The fourth-order valence-corrected chi connectivity index (χ4v) is 2.67.